The van der Waals surface area contributed by atoms with E-state index >= 15 is 0 Å². The molecule has 0 aliphatic rings. The Morgan fingerprint density at radius 1 is 1.13 bits per heavy atom. The molecule has 2 aromatic carbocycles. The van der Waals surface area contributed by atoms with Crippen LogP contribution in [0.3, 0.4) is 0 Å². The Bertz CT molecular complexity index is 798. The first kappa shape index (κ1) is 15.4. The summed E-state index contributed by atoms with van der Waals surface area (Å²) in [7, 11) is 1.87. The van der Waals surface area contributed by atoms with Crippen molar-refractivity contribution in [3.05, 3.63) is 89.5 Å². The van der Waals surface area contributed by atoms with Gasteiger partial charge in [0.2, 0.25) is 0 Å². The van der Waals surface area contributed by atoms with Crippen LogP contribution in [0.1, 0.15) is 23.0 Å². The maximum Gasteiger partial charge on any atom is 0.130 e. The highest BCUT2D eigenvalue weighted by molar-refractivity contribution is 5.27. The molecule has 0 aliphatic heterocycles. The second-order valence-electron chi connectivity index (χ2n) is 5.36. The molecule has 0 saturated carbocycles. The lowest BCUT2D eigenvalue weighted by Crippen LogP contribution is -2.25. The predicted molar refractivity (Wildman–Crippen MR) is 84.7 cm³/mol. The minimum atomic E-state index is -0.328. The normalized spacial score (nSPS) is 12.3. The summed E-state index contributed by atoms with van der Waals surface area (Å²) in [4.78, 5) is 4.34. The molecule has 1 heterocycles. The molecule has 0 amide bonds. The maximum atomic E-state index is 13.8. The van der Waals surface area contributed by atoms with Crippen molar-refractivity contribution in [2.24, 2.45) is 7.05 Å². The molecule has 3 nitrogen and oxygen atoms in total. The monoisotopic (exact) mass is 313 g/mol. The molecule has 23 heavy (non-hydrogen) atoms. The van der Waals surface area contributed by atoms with Gasteiger partial charge in [-0.3, -0.25) is 5.32 Å². The molecule has 118 valence electrons. The van der Waals surface area contributed by atoms with Crippen LogP contribution in [0.25, 0.3) is 0 Å². The van der Waals surface area contributed by atoms with Gasteiger partial charge in [-0.15, -0.1) is 0 Å². The van der Waals surface area contributed by atoms with Crippen LogP contribution in [0.2, 0.25) is 0 Å². The van der Waals surface area contributed by atoms with Crippen molar-refractivity contribution in [2.45, 2.75) is 12.6 Å². The van der Waals surface area contributed by atoms with E-state index in [1.165, 1.54) is 18.2 Å². The number of halogens is 2. The molecule has 0 aliphatic carbocycles. The lowest BCUT2D eigenvalue weighted by Gasteiger charge is -2.19. The molecule has 5 heteroatoms. The van der Waals surface area contributed by atoms with Crippen LogP contribution < -0.4 is 5.32 Å². The molecule has 0 spiro atoms. The largest absolute Gasteiger partial charge is 0.336 e. The van der Waals surface area contributed by atoms with E-state index < -0.39 is 0 Å². The van der Waals surface area contributed by atoms with Crippen molar-refractivity contribution in [3.8, 4) is 0 Å². The summed E-state index contributed by atoms with van der Waals surface area (Å²) in [5.74, 6) is 0.166. The van der Waals surface area contributed by atoms with Gasteiger partial charge in [0, 0.05) is 31.5 Å². The molecule has 3 rings (SSSR count). The van der Waals surface area contributed by atoms with Gasteiger partial charge < -0.3 is 4.57 Å². The van der Waals surface area contributed by atoms with E-state index in [4.69, 9.17) is 0 Å². The summed E-state index contributed by atoms with van der Waals surface area (Å²) < 4.78 is 29.3. The van der Waals surface area contributed by atoms with Crippen LogP contribution in [0.4, 0.5) is 8.78 Å². The van der Waals surface area contributed by atoms with Crippen LogP contribution in [0, 0.1) is 11.6 Å². The summed E-state index contributed by atoms with van der Waals surface area (Å²) >= 11 is 0. The zero-order valence-electron chi connectivity index (χ0n) is 12.7. The molecule has 1 N–H and O–H groups in total. The average molecular weight is 313 g/mol. The Morgan fingerprint density at radius 2 is 1.96 bits per heavy atom. The lowest BCUT2D eigenvalue weighted by atomic mass is 10.1. The Kier molecular flexibility index (Phi) is 4.48. The third-order valence-corrected chi connectivity index (χ3v) is 3.75. The highest BCUT2D eigenvalue weighted by atomic mass is 19.1. The van der Waals surface area contributed by atoms with Crippen molar-refractivity contribution >= 4 is 0 Å². The zero-order valence-corrected chi connectivity index (χ0v) is 12.7. The van der Waals surface area contributed by atoms with Crippen LogP contribution in [-0.4, -0.2) is 9.55 Å². The molecular weight excluding hydrogens is 296 g/mol. The smallest absolute Gasteiger partial charge is 0.130 e. The van der Waals surface area contributed by atoms with Gasteiger partial charge in [-0.2, -0.15) is 0 Å². The quantitative estimate of drug-likeness (QED) is 0.780. The summed E-state index contributed by atoms with van der Waals surface area (Å²) in [6.07, 6.45) is 3.51. The van der Waals surface area contributed by atoms with Crippen LogP contribution >= 0.6 is 0 Å². The Morgan fingerprint density at radius 3 is 2.65 bits per heavy atom. The van der Waals surface area contributed by atoms with Crippen molar-refractivity contribution in [1.29, 1.82) is 0 Å². The minimum absolute atomic E-state index is 0.266. The molecular formula is C18H17F2N3. The molecule has 0 bridgehead atoms. The Labute approximate surface area is 133 Å². The molecule has 0 saturated heterocycles. The molecule has 1 atom stereocenters. The molecule has 0 fully saturated rings. The van der Waals surface area contributed by atoms with E-state index in [1.807, 2.05) is 23.9 Å². The van der Waals surface area contributed by atoms with Gasteiger partial charge in [0.05, 0.1) is 6.04 Å². The van der Waals surface area contributed by atoms with E-state index in [2.05, 4.69) is 10.3 Å². The van der Waals surface area contributed by atoms with Gasteiger partial charge in [0.25, 0.3) is 0 Å². The molecule has 0 radical (unpaired) electrons. The fourth-order valence-electron chi connectivity index (χ4n) is 2.55. The fourth-order valence-corrected chi connectivity index (χ4v) is 2.55. The summed E-state index contributed by atoms with van der Waals surface area (Å²) in [6.45, 7) is 0.320. The van der Waals surface area contributed by atoms with E-state index in [0.29, 0.717) is 12.1 Å². The third-order valence-electron chi connectivity index (χ3n) is 3.75. The van der Waals surface area contributed by atoms with E-state index in [1.54, 1.807) is 30.5 Å². The standard InChI is InChI=1S/C18H17F2N3/c1-23-10-9-21-18(23)17(13-6-4-7-15(19)11-13)22-12-14-5-2-3-8-16(14)20/h2-11,17,22H,12H2,1H3/t17-/m0/s1. The average Bonchev–Trinajstić information content (AvgIpc) is 2.95. The van der Waals surface area contributed by atoms with Crippen LogP contribution in [0.15, 0.2) is 60.9 Å². The van der Waals surface area contributed by atoms with E-state index in [9.17, 15) is 8.78 Å². The number of nitrogens with one attached hydrogen (secondary N) is 1. The van der Waals surface area contributed by atoms with Crippen molar-refractivity contribution in [2.75, 3.05) is 0 Å². The first-order chi connectivity index (χ1) is 11.1. The van der Waals surface area contributed by atoms with Crippen molar-refractivity contribution < 1.29 is 8.78 Å². The van der Waals surface area contributed by atoms with Crippen LogP contribution in [0.5, 0.6) is 0 Å². The summed E-state index contributed by atoms with van der Waals surface area (Å²) in [5.41, 5.74) is 1.30. The summed E-state index contributed by atoms with van der Waals surface area (Å²) in [6, 6.07) is 12.6. The van der Waals surface area contributed by atoms with Crippen molar-refractivity contribution in [3.63, 3.8) is 0 Å². The lowest BCUT2D eigenvalue weighted by molar-refractivity contribution is 0.531. The first-order valence-corrected chi connectivity index (χ1v) is 7.34. The second-order valence-corrected chi connectivity index (χ2v) is 5.36. The van der Waals surface area contributed by atoms with Gasteiger partial charge in [-0.1, -0.05) is 30.3 Å². The Hall–Kier alpha value is -2.53. The maximum absolute atomic E-state index is 13.8. The molecule has 3 aromatic rings. The first-order valence-electron chi connectivity index (χ1n) is 7.34. The number of hydrogen-bond acceptors (Lipinski definition) is 2. The number of aromatic nitrogens is 2. The van der Waals surface area contributed by atoms with Crippen molar-refractivity contribution in [1.82, 2.24) is 14.9 Å². The SMILES string of the molecule is Cn1ccnc1[C@@H](NCc1ccccc1F)c1cccc(F)c1. The predicted octanol–water partition coefficient (Wildman–Crippen LogP) is 3.58. The van der Waals surface area contributed by atoms with Gasteiger partial charge in [0.15, 0.2) is 0 Å². The fraction of sp³-hybridized carbons (Fsp3) is 0.167. The number of hydrogen-bond donors (Lipinski definition) is 1. The second kappa shape index (κ2) is 6.71. The highest BCUT2D eigenvalue weighted by Crippen LogP contribution is 2.22. The van der Waals surface area contributed by atoms with Gasteiger partial charge in [-0.05, 0) is 23.8 Å². The third kappa shape index (κ3) is 3.46. The number of nitrogens with zero attached hydrogens (tertiary/aromatic N) is 2. The van der Waals surface area contributed by atoms with Gasteiger partial charge in [0.1, 0.15) is 17.5 Å². The van der Waals surface area contributed by atoms with Crippen LogP contribution in [-0.2, 0) is 13.6 Å². The minimum Gasteiger partial charge on any atom is -0.336 e. The molecule has 0 unspecified atom stereocenters. The number of benzene rings is 2. The summed E-state index contributed by atoms with van der Waals surface area (Å²) in [5, 5.41) is 3.27. The Balaban J connectivity index is 1.90. The highest BCUT2D eigenvalue weighted by Gasteiger charge is 2.18. The number of aryl methyl sites for hydroxylation is 1. The van der Waals surface area contributed by atoms with E-state index in [0.717, 1.165) is 11.4 Å². The van der Waals surface area contributed by atoms with Gasteiger partial charge in [-0.25, -0.2) is 13.8 Å². The van der Waals surface area contributed by atoms with E-state index in [-0.39, 0.29) is 17.7 Å². The topological polar surface area (TPSA) is 29.9 Å². The number of imidazole rings is 1. The zero-order chi connectivity index (χ0) is 16.2. The molecule has 1 aromatic heterocycles. The number of rotatable bonds is 5. The van der Waals surface area contributed by atoms with Gasteiger partial charge >= 0.3 is 0 Å².